The highest BCUT2D eigenvalue weighted by Gasteiger charge is 2.52. The van der Waals surface area contributed by atoms with E-state index in [1.54, 1.807) is 18.5 Å². The van der Waals surface area contributed by atoms with Crippen LogP contribution in [-0.2, 0) is 10.2 Å². The van der Waals surface area contributed by atoms with Gasteiger partial charge in [0.2, 0.25) is 11.9 Å². The Bertz CT molecular complexity index is 611. The van der Waals surface area contributed by atoms with Gasteiger partial charge >= 0.3 is 0 Å². The van der Waals surface area contributed by atoms with E-state index in [4.69, 9.17) is 11.6 Å². The van der Waals surface area contributed by atoms with E-state index < -0.39 is 5.41 Å². The first-order valence-electron chi connectivity index (χ1n) is 6.06. The summed E-state index contributed by atoms with van der Waals surface area (Å²) in [5.41, 5.74) is 0.363. The lowest BCUT2D eigenvalue weighted by molar-refractivity contribution is -0.118. The molecule has 0 atom stereocenters. The van der Waals surface area contributed by atoms with Crippen molar-refractivity contribution in [2.45, 2.75) is 18.3 Å². The van der Waals surface area contributed by atoms with Crippen LogP contribution in [0.15, 0.2) is 42.7 Å². The van der Waals surface area contributed by atoms with Crippen LogP contribution in [0.2, 0.25) is 5.02 Å². The Labute approximate surface area is 115 Å². The van der Waals surface area contributed by atoms with Gasteiger partial charge in [-0.05, 0) is 30.5 Å². The quantitative estimate of drug-likeness (QED) is 0.936. The molecule has 1 aliphatic carbocycles. The molecule has 1 saturated carbocycles. The highest BCUT2D eigenvalue weighted by molar-refractivity contribution is 6.32. The van der Waals surface area contributed by atoms with Crippen molar-refractivity contribution in [2.24, 2.45) is 0 Å². The van der Waals surface area contributed by atoms with Gasteiger partial charge in [0.15, 0.2) is 0 Å². The van der Waals surface area contributed by atoms with Gasteiger partial charge in [0.25, 0.3) is 0 Å². The fourth-order valence-corrected chi connectivity index (χ4v) is 2.49. The van der Waals surface area contributed by atoms with Crippen molar-refractivity contribution >= 4 is 23.5 Å². The minimum atomic E-state index is -0.516. The molecule has 1 aromatic heterocycles. The molecule has 0 radical (unpaired) electrons. The van der Waals surface area contributed by atoms with Crippen LogP contribution in [0.5, 0.6) is 0 Å². The molecule has 19 heavy (non-hydrogen) atoms. The summed E-state index contributed by atoms with van der Waals surface area (Å²) in [4.78, 5) is 20.4. The molecule has 1 heterocycles. The smallest absolute Gasteiger partial charge is 0.237 e. The molecule has 0 saturated heterocycles. The normalized spacial score (nSPS) is 15.8. The maximum Gasteiger partial charge on any atom is 0.237 e. The summed E-state index contributed by atoms with van der Waals surface area (Å²) in [6.07, 6.45) is 4.79. The van der Waals surface area contributed by atoms with E-state index in [1.807, 2.05) is 24.3 Å². The molecule has 2 aromatic rings. The van der Waals surface area contributed by atoms with Crippen molar-refractivity contribution in [2.75, 3.05) is 5.32 Å². The number of rotatable bonds is 3. The minimum Gasteiger partial charge on any atom is -0.294 e. The zero-order valence-electron chi connectivity index (χ0n) is 10.1. The maximum atomic E-state index is 12.4. The summed E-state index contributed by atoms with van der Waals surface area (Å²) in [5.74, 6) is 0.234. The fourth-order valence-electron chi connectivity index (χ4n) is 2.18. The molecule has 0 bridgehead atoms. The van der Waals surface area contributed by atoms with Gasteiger partial charge in [-0.3, -0.25) is 10.1 Å². The number of halogens is 1. The summed E-state index contributed by atoms with van der Waals surface area (Å²) < 4.78 is 0. The number of nitrogens with one attached hydrogen (secondary N) is 1. The molecule has 4 nitrogen and oxygen atoms in total. The largest absolute Gasteiger partial charge is 0.294 e. The lowest BCUT2D eigenvalue weighted by atomic mass is 9.95. The summed E-state index contributed by atoms with van der Waals surface area (Å²) in [6, 6.07) is 9.17. The number of nitrogens with zero attached hydrogens (tertiary/aromatic N) is 2. The second-order valence-electron chi connectivity index (χ2n) is 4.59. The van der Waals surface area contributed by atoms with Gasteiger partial charge in [-0.15, -0.1) is 0 Å². The SMILES string of the molecule is O=C(Nc1ncccn1)C1(c2ccccc2Cl)CC1. The molecule has 1 fully saturated rings. The van der Waals surface area contributed by atoms with Crippen LogP contribution in [0.3, 0.4) is 0 Å². The van der Waals surface area contributed by atoms with E-state index in [9.17, 15) is 4.79 Å². The van der Waals surface area contributed by atoms with Gasteiger partial charge in [-0.2, -0.15) is 0 Å². The number of hydrogen-bond donors (Lipinski definition) is 1. The van der Waals surface area contributed by atoms with Crippen LogP contribution >= 0.6 is 11.6 Å². The molecule has 3 rings (SSSR count). The van der Waals surface area contributed by atoms with Gasteiger partial charge in [0.05, 0.1) is 5.41 Å². The third-order valence-electron chi connectivity index (χ3n) is 3.37. The van der Waals surface area contributed by atoms with Crippen LogP contribution in [0, 0.1) is 0 Å². The van der Waals surface area contributed by atoms with E-state index in [0.29, 0.717) is 11.0 Å². The molecule has 96 valence electrons. The average molecular weight is 274 g/mol. The summed E-state index contributed by atoms with van der Waals surface area (Å²) in [5, 5.41) is 3.38. The third-order valence-corrected chi connectivity index (χ3v) is 3.69. The van der Waals surface area contributed by atoms with Crippen molar-refractivity contribution in [1.82, 2.24) is 9.97 Å². The van der Waals surface area contributed by atoms with Crippen LogP contribution in [0.4, 0.5) is 5.95 Å². The van der Waals surface area contributed by atoms with Gasteiger partial charge in [-0.1, -0.05) is 29.8 Å². The van der Waals surface area contributed by atoms with E-state index in [2.05, 4.69) is 15.3 Å². The summed E-state index contributed by atoms with van der Waals surface area (Å²) >= 11 is 6.18. The van der Waals surface area contributed by atoms with Crippen LogP contribution in [-0.4, -0.2) is 15.9 Å². The number of amides is 1. The first kappa shape index (κ1) is 12.1. The Hall–Kier alpha value is -1.94. The molecular weight excluding hydrogens is 262 g/mol. The molecule has 0 unspecified atom stereocenters. The predicted octanol–water partition coefficient (Wildman–Crippen LogP) is 2.80. The molecule has 1 aromatic carbocycles. The second kappa shape index (κ2) is 4.63. The van der Waals surface area contributed by atoms with Crippen molar-refractivity contribution in [3.8, 4) is 0 Å². The Morgan fingerprint density at radius 3 is 2.47 bits per heavy atom. The lowest BCUT2D eigenvalue weighted by Gasteiger charge is -2.16. The maximum absolute atomic E-state index is 12.4. The highest BCUT2D eigenvalue weighted by atomic mass is 35.5. The van der Waals surface area contributed by atoms with Crippen molar-refractivity contribution < 1.29 is 4.79 Å². The van der Waals surface area contributed by atoms with E-state index in [-0.39, 0.29) is 5.91 Å². The zero-order chi connectivity index (χ0) is 13.3. The first-order chi connectivity index (χ1) is 9.22. The van der Waals surface area contributed by atoms with Gasteiger partial charge < -0.3 is 0 Å². The van der Waals surface area contributed by atoms with E-state index >= 15 is 0 Å². The highest BCUT2D eigenvalue weighted by Crippen LogP contribution is 2.51. The number of hydrogen-bond acceptors (Lipinski definition) is 3. The Kier molecular flexibility index (Phi) is 2.95. The molecule has 1 amide bonds. The minimum absolute atomic E-state index is 0.0909. The first-order valence-corrected chi connectivity index (χ1v) is 6.44. The van der Waals surface area contributed by atoms with E-state index in [1.165, 1.54) is 0 Å². The number of aromatic nitrogens is 2. The number of anilines is 1. The number of carbonyl (C=O) groups is 1. The van der Waals surface area contributed by atoms with E-state index in [0.717, 1.165) is 18.4 Å². The van der Waals surface area contributed by atoms with Crippen molar-refractivity contribution in [3.63, 3.8) is 0 Å². The standard InChI is InChI=1S/C14H12ClN3O/c15-11-5-2-1-4-10(11)14(6-7-14)12(19)18-13-16-8-3-9-17-13/h1-5,8-9H,6-7H2,(H,16,17,18,19). The molecular formula is C14H12ClN3O. The van der Waals surface area contributed by atoms with Crippen LogP contribution in [0.25, 0.3) is 0 Å². The average Bonchev–Trinajstić information content (AvgIpc) is 3.22. The zero-order valence-corrected chi connectivity index (χ0v) is 10.9. The molecule has 0 spiro atoms. The molecule has 1 N–H and O–H groups in total. The third kappa shape index (κ3) is 2.19. The Morgan fingerprint density at radius 1 is 1.16 bits per heavy atom. The molecule has 5 heteroatoms. The van der Waals surface area contributed by atoms with Gasteiger partial charge in [0.1, 0.15) is 0 Å². The van der Waals surface area contributed by atoms with Crippen molar-refractivity contribution in [3.05, 3.63) is 53.3 Å². The number of benzene rings is 1. The van der Waals surface area contributed by atoms with Crippen LogP contribution in [0.1, 0.15) is 18.4 Å². The molecule has 0 aliphatic heterocycles. The van der Waals surface area contributed by atoms with Crippen LogP contribution < -0.4 is 5.32 Å². The van der Waals surface area contributed by atoms with Gasteiger partial charge in [0, 0.05) is 17.4 Å². The lowest BCUT2D eigenvalue weighted by Crippen LogP contribution is -2.28. The topological polar surface area (TPSA) is 54.9 Å². The predicted molar refractivity (Wildman–Crippen MR) is 73.0 cm³/mol. The van der Waals surface area contributed by atoms with Gasteiger partial charge in [-0.25, -0.2) is 9.97 Å². The monoisotopic (exact) mass is 273 g/mol. The summed E-state index contributed by atoms with van der Waals surface area (Å²) in [7, 11) is 0. The summed E-state index contributed by atoms with van der Waals surface area (Å²) in [6.45, 7) is 0. The number of carbonyl (C=O) groups excluding carboxylic acids is 1. The second-order valence-corrected chi connectivity index (χ2v) is 5.00. The molecule has 1 aliphatic rings. The fraction of sp³-hybridized carbons (Fsp3) is 0.214. The Morgan fingerprint density at radius 2 is 1.84 bits per heavy atom. The Balaban J connectivity index is 1.86. The van der Waals surface area contributed by atoms with Crippen molar-refractivity contribution in [1.29, 1.82) is 0 Å².